The lowest BCUT2D eigenvalue weighted by molar-refractivity contribution is -0.141. The van der Waals surface area contributed by atoms with Gasteiger partial charge in [0.1, 0.15) is 22.1 Å². The molecule has 0 radical (unpaired) electrons. The van der Waals surface area contributed by atoms with Crippen LogP contribution in [0.4, 0.5) is 22.0 Å². The fraction of sp³-hybridized carbons (Fsp3) is 0.389. The van der Waals surface area contributed by atoms with Crippen molar-refractivity contribution in [2.24, 2.45) is 5.73 Å². The van der Waals surface area contributed by atoms with E-state index in [2.05, 4.69) is 4.98 Å². The zero-order valence-corrected chi connectivity index (χ0v) is 15.3. The Balaban J connectivity index is 2.16. The lowest BCUT2D eigenvalue weighted by Crippen LogP contribution is -2.43. The number of benzene rings is 1. The molecule has 4 nitrogen and oxygen atoms in total. The standard InChI is InChI=1S/C18H17F5N2O2S/c19-11-1-3-15(20)14(9-11)17(7-5-12(24)6-8-17)28(26,27)13-2-4-16(25-10-13)18(21,22)23/h1-4,9-10,12H,5-8,24H2. The molecule has 0 bridgehead atoms. The van der Waals surface area contributed by atoms with Gasteiger partial charge in [0.2, 0.25) is 0 Å². The van der Waals surface area contributed by atoms with Crippen molar-refractivity contribution in [3.63, 3.8) is 0 Å². The number of hydrogen-bond acceptors (Lipinski definition) is 4. The van der Waals surface area contributed by atoms with Crippen LogP contribution >= 0.6 is 0 Å². The number of nitrogens with two attached hydrogens (primary N) is 1. The van der Waals surface area contributed by atoms with Crippen LogP contribution in [0.25, 0.3) is 0 Å². The average Bonchev–Trinajstić information content (AvgIpc) is 2.64. The molecule has 1 heterocycles. The smallest absolute Gasteiger partial charge is 0.328 e. The summed E-state index contributed by atoms with van der Waals surface area (Å²) in [7, 11) is -4.39. The Morgan fingerprint density at radius 3 is 2.25 bits per heavy atom. The Bertz CT molecular complexity index is 966. The first-order valence-electron chi connectivity index (χ1n) is 8.46. The van der Waals surface area contributed by atoms with Gasteiger partial charge in [0.05, 0.1) is 4.90 Å². The van der Waals surface area contributed by atoms with Crippen molar-refractivity contribution in [3.8, 4) is 0 Å². The second kappa shape index (κ2) is 7.07. The largest absolute Gasteiger partial charge is 0.433 e. The molecular weight excluding hydrogens is 403 g/mol. The van der Waals surface area contributed by atoms with E-state index in [4.69, 9.17) is 5.73 Å². The van der Waals surface area contributed by atoms with Crippen LogP contribution in [0.2, 0.25) is 0 Å². The molecule has 2 aromatic rings. The first kappa shape index (κ1) is 20.7. The summed E-state index contributed by atoms with van der Waals surface area (Å²) in [5.74, 6) is -1.72. The number of pyridine rings is 1. The summed E-state index contributed by atoms with van der Waals surface area (Å²) in [5.41, 5.74) is 4.26. The predicted octanol–water partition coefficient (Wildman–Crippen LogP) is 3.95. The van der Waals surface area contributed by atoms with Crippen LogP contribution in [0.3, 0.4) is 0 Å². The zero-order valence-electron chi connectivity index (χ0n) is 14.5. The highest BCUT2D eigenvalue weighted by Crippen LogP contribution is 2.47. The summed E-state index contributed by atoms with van der Waals surface area (Å²) in [4.78, 5) is 2.71. The summed E-state index contributed by atoms with van der Waals surface area (Å²) in [6.45, 7) is 0. The highest BCUT2D eigenvalue weighted by Gasteiger charge is 2.50. The van der Waals surface area contributed by atoms with Crippen molar-refractivity contribution in [3.05, 3.63) is 59.4 Å². The molecule has 1 aliphatic carbocycles. The van der Waals surface area contributed by atoms with Crippen LogP contribution in [0.5, 0.6) is 0 Å². The van der Waals surface area contributed by atoms with Gasteiger partial charge in [-0.2, -0.15) is 13.2 Å². The second-order valence-electron chi connectivity index (χ2n) is 6.84. The van der Waals surface area contributed by atoms with Gasteiger partial charge in [-0.1, -0.05) is 0 Å². The number of rotatable bonds is 3. The molecule has 1 aliphatic rings. The Morgan fingerprint density at radius 2 is 1.71 bits per heavy atom. The highest BCUT2D eigenvalue weighted by atomic mass is 32.2. The van der Waals surface area contributed by atoms with Crippen molar-refractivity contribution in [2.45, 2.75) is 47.5 Å². The van der Waals surface area contributed by atoms with Crippen molar-refractivity contribution >= 4 is 9.84 Å². The summed E-state index contributed by atoms with van der Waals surface area (Å²) < 4.78 is 91.5. The maximum absolute atomic E-state index is 14.5. The van der Waals surface area contributed by atoms with Gasteiger partial charge in [0.15, 0.2) is 9.84 Å². The molecule has 152 valence electrons. The number of sulfone groups is 1. The van der Waals surface area contributed by atoms with Gasteiger partial charge in [0, 0.05) is 17.8 Å². The number of hydrogen-bond donors (Lipinski definition) is 1. The number of nitrogens with zero attached hydrogens (tertiary/aromatic N) is 1. The van der Waals surface area contributed by atoms with Gasteiger partial charge in [-0.3, -0.25) is 4.98 Å². The zero-order chi connectivity index (χ0) is 20.7. The van der Waals surface area contributed by atoms with E-state index in [1.54, 1.807) is 0 Å². The van der Waals surface area contributed by atoms with Gasteiger partial charge in [-0.15, -0.1) is 0 Å². The third-order valence-electron chi connectivity index (χ3n) is 5.11. The molecule has 28 heavy (non-hydrogen) atoms. The normalized spacial score (nSPS) is 23.6. The summed E-state index contributed by atoms with van der Waals surface area (Å²) in [6, 6.07) is 3.57. The maximum atomic E-state index is 14.5. The number of aromatic nitrogens is 1. The average molecular weight is 420 g/mol. The molecule has 0 amide bonds. The fourth-order valence-corrected chi connectivity index (χ4v) is 5.68. The molecule has 1 fully saturated rings. The van der Waals surface area contributed by atoms with Crippen LogP contribution in [0.15, 0.2) is 41.4 Å². The maximum Gasteiger partial charge on any atom is 0.433 e. The van der Waals surface area contributed by atoms with E-state index in [9.17, 15) is 30.4 Å². The molecule has 0 saturated heterocycles. The van der Waals surface area contributed by atoms with E-state index in [1.165, 1.54) is 0 Å². The molecule has 3 rings (SSSR count). The van der Waals surface area contributed by atoms with Crippen molar-refractivity contribution in [1.82, 2.24) is 4.98 Å². The SMILES string of the molecule is NC1CCC(c2cc(F)ccc2F)(S(=O)(=O)c2ccc(C(F)(F)F)nc2)CC1. The molecular formula is C18H17F5N2O2S. The minimum atomic E-state index is -4.73. The van der Waals surface area contributed by atoms with Crippen molar-refractivity contribution in [1.29, 1.82) is 0 Å². The molecule has 1 aromatic heterocycles. The lowest BCUT2D eigenvalue weighted by atomic mass is 9.81. The van der Waals surface area contributed by atoms with Crippen LogP contribution in [0.1, 0.15) is 36.9 Å². The van der Waals surface area contributed by atoms with Crippen LogP contribution in [-0.4, -0.2) is 19.4 Å². The summed E-state index contributed by atoms with van der Waals surface area (Å²) in [5, 5.41) is 0. The molecule has 0 atom stereocenters. The lowest BCUT2D eigenvalue weighted by Gasteiger charge is -2.39. The van der Waals surface area contributed by atoms with Crippen molar-refractivity contribution in [2.75, 3.05) is 0 Å². The molecule has 0 unspecified atom stereocenters. The molecule has 10 heteroatoms. The second-order valence-corrected chi connectivity index (χ2v) is 9.10. The first-order valence-corrected chi connectivity index (χ1v) is 9.95. The summed E-state index contributed by atoms with van der Waals surface area (Å²) >= 11 is 0. The van der Waals surface area contributed by atoms with Gasteiger partial charge in [-0.05, 0) is 56.0 Å². The van der Waals surface area contributed by atoms with E-state index < -0.39 is 43.0 Å². The topological polar surface area (TPSA) is 73.1 Å². The Hall–Kier alpha value is -2.07. The van der Waals surface area contributed by atoms with Crippen LogP contribution in [-0.2, 0) is 20.8 Å². The fourth-order valence-electron chi connectivity index (χ4n) is 3.57. The monoisotopic (exact) mass is 420 g/mol. The third kappa shape index (κ3) is 3.50. The quantitative estimate of drug-likeness (QED) is 0.764. The van der Waals surface area contributed by atoms with Crippen LogP contribution in [0, 0.1) is 11.6 Å². The predicted molar refractivity (Wildman–Crippen MR) is 90.9 cm³/mol. The Labute approximate surface area is 158 Å². The van der Waals surface area contributed by atoms with E-state index >= 15 is 0 Å². The number of halogens is 5. The minimum absolute atomic E-state index is 0.0854. The Kier molecular flexibility index (Phi) is 5.22. The molecule has 1 saturated carbocycles. The molecule has 1 aromatic carbocycles. The minimum Gasteiger partial charge on any atom is -0.328 e. The van der Waals surface area contributed by atoms with Gasteiger partial charge < -0.3 is 5.73 Å². The Morgan fingerprint density at radius 1 is 1.07 bits per heavy atom. The van der Waals surface area contributed by atoms with E-state index in [-0.39, 0.29) is 37.3 Å². The van der Waals surface area contributed by atoms with Gasteiger partial charge >= 0.3 is 6.18 Å². The molecule has 2 N–H and O–H groups in total. The number of alkyl halides is 3. The highest BCUT2D eigenvalue weighted by molar-refractivity contribution is 7.92. The van der Waals surface area contributed by atoms with E-state index in [0.717, 1.165) is 24.3 Å². The van der Waals surface area contributed by atoms with E-state index in [0.29, 0.717) is 12.3 Å². The van der Waals surface area contributed by atoms with Gasteiger partial charge in [0.25, 0.3) is 0 Å². The summed E-state index contributed by atoms with van der Waals surface area (Å²) in [6.07, 6.45) is -3.82. The van der Waals surface area contributed by atoms with E-state index in [1.807, 2.05) is 0 Å². The van der Waals surface area contributed by atoms with Gasteiger partial charge in [-0.25, -0.2) is 17.2 Å². The van der Waals surface area contributed by atoms with Crippen LogP contribution < -0.4 is 5.73 Å². The third-order valence-corrected chi connectivity index (χ3v) is 7.63. The van der Waals surface area contributed by atoms with Crippen molar-refractivity contribution < 1.29 is 30.4 Å². The molecule has 0 spiro atoms. The first-order chi connectivity index (χ1) is 13.0. The molecule has 0 aliphatic heterocycles.